The largest absolute Gasteiger partial charge is 0.367 e. The summed E-state index contributed by atoms with van der Waals surface area (Å²) in [6, 6.07) is 11.0. The molecule has 0 aliphatic heterocycles. The molecule has 3 aromatic rings. The minimum Gasteiger partial charge on any atom is -0.367 e. The standard InChI is InChI=1S/C21H26N4/c1-3-7-19(4-2)25-21-18(13-22-15-24-21)10-11-20-12-16-8-5-6-9-17(16)14-23-20/h5-6,8-9,12-15,19H,3-4,7,10-11H2,1-2H3,(H,22,24,25). The lowest BCUT2D eigenvalue weighted by molar-refractivity contribution is 0.619. The molecule has 1 atom stereocenters. The second-order valence-electron chi connectivity index (χ2n) is 6.46. The summed E-state index contributed by atoms with van der Waals surface area (Å²) in [5.74, 6) is 0.969. The highest BCUT2D eigenvalue weighted by molar-refractivity contribution is 5.81. The van der Waals surface area contributed by atoms with Gasteiger partial charge in [-0.3, -0.25) is 4.98 Å². The molecule has 0 fully saturated rings. The van der Waals surface area contributed by atoms with Crippen molar-refractivity contribution in [2.24, 2.45) is 0 Å². The molecule has 4 nitrogen and oxygen atoms in total. The van der Waals surface area contributed by atoms with E-state index >= 15 is 0 Å². The molecule has 0 saturated carbocycles. The molecule has 0 bridgehead atoms. The lowest BCUT2D eigenvalue weighted by atomic mass is 10.1. The van der Waals surface area contributed by atoms with Crippen molar-refractivity contribution in [3.8, 4) is 0 Å². The molecule has 0 aliphatic carbocycles. The van der Waals surface area contributed by atoms with E-state index in [1.165, 1.54) is 17.2 Å². The molecule has 2 heterocycles. The van der Waals surface area contributed by atoms with Crippen molar-refractivity contribution < 1.29 is 0 Å². The molecule has 0 saturated heterocycles. The van der Waals surface area contributed by atoms with Gasteiger partial charge in [0.15, 0.2) is 0 Å². The van der Waals surface area contributed by atoms with E-state index in [0.717, 1.165) is 42.8 Å². The number of hydrogen-bond donors (Lipinski definition) is 1. The van der Waals surface area contributed by atoms with Crippen LogP contribution < -0.4 is 5.32 Å². The molecule has 4 heteroatoms. The summed E-state index contributed by atoms with van der Waals surface area (Å²) in [5.41, 5.74) is 2.26. The normalized spacial score (nSPS) is 12.2. The number of anilines is 1. The smallest absolute Gasteiger partial charge is 0.132 e. The number of pyridine rings is 1. The van der Waals surface area contributed by atoms with E-state index in [0.29, 0.717) is 6.04 Å². The molecule has 25 heavy (non-hydrogen) atoms. The number of fused-ring (bicyclic) bond motifs is 1. The third kappa shape index (κ3) is 4.53. The van der Waals surface area contributed by atoms with Crippen LogP contribution in [0.3, 0.4) is 0 Å². The van der Waals surface area contributed by atoms with E-state index in [-0.39, 0.29) is 0 Å². The lowest BCUT2D eigenvalue weighted by Gasteiger charge is -2.18. The van der Waals surface area contributed by atoms with Crippen LogP contribution in [0.15, 0.2) is 49.1 Å². The first-order chi connectivity index (χ1) is 12.3. The Morgan fingerprint density at radius 2 is 1.84 bits per heavy atom. The summed E-state index contributed by atoms with van der Waals surface area (Å²) < 4.78 is 0. The molecule has 3 rings (SSSR count). The van der Waals surface area contributed by atoms with Gasteiger partial charge in [0.2, 0.25) is 0 Å². The lowest BCUT2D eigenvalue weighted by Crippen LogP contribution is -2.20. The maximum Gasteiger partial charge on any atom is 0.132 e. The van der Waals surface area contributed by atoms with Crippen molar-refractivity contribution >= 4 is 16.6 Å². The van der Waals surface area contributed by atoms with Crippen LogP contribution in [-0.2, 0) is 12.8 Å². The van der Waals surface area contributed by atoms with Gasteiger partial charge in [-0.2, -0.15) is 0 Å². The summed E-state index contributed by atoms with van der Waals surface area (Å²) >= 11 is 0. The van der Waals surface area contributed by atoms with E-state index in [4.69, 9.17) is 0 Å². The summed E-state index contributed by atoms with van der Waals surface area (Å²) in [6.45, 7) is 4.43. The molecule has 0 radical (unpaired) electrons. The number of hydrogen-bond acceptors (Lipinski definition) is 4. The van der Waals surface area contributed by atoms with Crippen LogP contribution in [0.4, 0.5) is 5.82 Å². The Labute approximate surface area is 149 Å². The molecule has 1 unspecified atom stereocenters. The molecule has 0 amide bonds. The highest BCUT2D eigenvalue weighted by Crippen LogP contribution is 2.18. The fraction of sp³-hybridized carbons (Fsp3) is 0.381. The van der Waals surface area contributed by atoms with Gasteiger partial charge in [-0.25, -0.2) is 9.97 Å². The zero-order valence-corrected chi connectivity index (χ0v) is 15.1. The van der Waals surface area contributed by atoms with Crippen molar-refractivity contribution in [1.29, 1.82) is 0 Å². The van der Waals surface area contributed by atoms with Gasteiger partial charge in [-0.15, -0.1) is 0 Å². The average molecular weight is 334 g/mol. The number of nitrogens with zero attached hydrogens (tertiary/aromatic N) is 3. The highest BCUT2D eigenvalue weighted by Gasteiger charge is 2.10. The van der Waals surface area contributed by atoms with Crippen LogP contribution in [0.2, 0.25) is 0 Å². The van der Waals surface area contributed by atoms with Gasteiger partial charge in [0, 0.05) is 35.1 Å². The molecule has 0 aliphatic rings. The predicted octanol–water partition coefficient (Wildman–Crippen LogP) is 4.80. The Hall–Kier alpha value is -2.49. The van der Waals surface area contributed by atoms with Crippen molar-refractivity contribution in [1.82, 2.24) is 15.0 Å². The zero-order valence-electron chi connectivity index (χ0n) is 15.1. The molecule has 1 N–H and O–H groups in total. The Kier molecular flexibility index (Phi) is 5.94. The minimum atomic E-state index is 0.470. The first kappa shape index (κ1) is 17.3. The van der Waals surface area contributed by atoms with E-state index in [9.17, 15) is 0 Å². The van der Waals surface area contributed by atoms with Crippen LogP contribution in [0.1, 0.15) is 44.4 Å². The van der Waals surface area contributed by atoms with Crippen molar-refractivity contribution in [2.75, 3.05) is 5.32 Å². The third-order valence-electron chi connectivity index (χ3n) is 4.60. The number of aryl methyl sites for hydroxylation is 2. The molecular weight excluding hydrogens is 308 g/mol. The second kappa shape index (κ2) is 8.56. The maximum absolute atomic E-state index is 4.60. The first-order valence-electron chi connectivity index (χ1n) is 9.19. The Morgan fingerprint density at radius 3 is 2.64 bits per heavy atom. The second-order valence-corrected chi connectivity index (χ2v) is 6.46. The van der Waals surface area contributed by atoms with E-state index < -0.39 is 0 Å². The predicted molar refractivity (Wildman–Crippen MR) is 104 cm³/mol. The number of benzene rings is 1. The van der Waals surface area contributed by atoms with Gasteiger partial charge in [0.1, 0.15) is 12.1 Å². The SMILES string of the molecule is CCCC(CC)Nc1ncncc1CCc1cc2ccccc2cn1. The molecule has 0 spiro atoms. The Balaban J connectivity index is 1.71. The summed E-state index contributed by atoms with van der Waals surface area (Å²) in [7, 11) is 0. The Bertz CT molecular complexity index is 816. The summed E-state index contributed by atoms with van der Waals surface area (Å²) in [5, 5.41) is 6.01. The van der Waals surface area contributed by atoms with Crippen LogP contribution in [0, 0.1) is 0 Å². The van der Waals surface area contributed by atoms with Gasteiger partial charge in [0.25, 0.3) is 0 Å². The van der Waals surface area contributed by atoms with Gasteiger partial charge >= 0.3 is 0 Å². The van der Waals surface area contributed by atoms with Crippen LogP contribution in [0.5, 0.6) is 0 Å². The zero-order chi connectivity index (χ0) is 17.5. The maximum atomic E-state index is 4.60. The van der Waals surface area contributed by atoms with Gasteiger partial charge < -0.3 is 5.32 Å². The van der Waals surface area contributed by atoms with Crippen molar-refractivity contribution in [3.05, 3.63) is 60.3 Å². The topological polar surface area (TPSA) is 50.7 Å². The first-order valence-corrected chi connectivity index (χ1v) is 9.19. The van der Waals surface area contributed by atoms with Crippen molar-refractivity contribution in [3.63, 3.8) is 0 Å². The summed E-state index contributed by atoms with van der Waals surface area (Å²) in [4.78, 5) is 13.3. The quantitative estimate of drug-likeness (QED) is 0.643. The third-order valence-corrected chi connectivity index (χ3v) is 4.60. The van der Waals surface area contributed by atoms with Crippen LogP contribution in [0.25, 0.3) is 10.8 Å². The van der Waals surface area contributed by atoms with Crippen LogP contribution in [-0.4, -0.2) is 21.0 Å². The van der Waals surface area contributed by atoms with E-state index in [1.54, 1.807) is 6.33 Å². The number of nitrogens with one attached hydrogen (secondary N) is 1. The van der Waals surface area contributed by atoms with E-state index in [1.807, 2.05) is 18.5 Å². The number of aromatic nitrogens is 3. The molecule has 1 aromatic carbocycles. The fourth-order valence-corrected chi connectivity index (χ4v) is 3.12. The van der Waals surface area contributed by atoms with Crippen LogP contribution >= 0.6 is 0 Å². The molecule has 130 valence electrons. The minimum absolute atomic E-state index is 0.470. The Morgan fingerprint density at radius 1 is 1.00 bits per heavy atom. The average Bonchev–Trinajstić information content (AvgIpc) is 2.66. The van der Waals surface area contributed by atoms with Gasteiger partial charge in [-0.05, 0) is 37.1 Å². The van der Waals surface area contributed by atoms with Gasteiger partial charge in [-0.1, -0.05) is 44.5 Å². The number of rotatable bonds is 8. The molecule has 2 aromatic heterocycles. The van der Waals surface area contributed by atoms with E-state index in [2.05, 4.69) is 58.4 Å². The fourth-order valence-electron chi connectivity index (χ4n) is 3.12. The van der Waals surface area contributed by atoms with Crippen molar-refractivity contribution in [2.45, 2.75) is 52.0 Å². The molecular formula is C21H26N4. The van der Waals surface area contributed by atoms with Gasteiger partial charge in [0.05, 0.1) is 0 Å². The highest BCUT2D eigenvalue weighted by atomic mass is 15.0. The summed E-state index contributed by atoms with van der Waals surface area (Å²) in [6.07, 6.45) is 10.7. The monoisotopic (exact) mass is 334 g/mol.